The number of aliphatic hydroxyl groups is 2. The molecule has 5 saturated carbocycles. The van der Waals surface area contributed by atoms with Crippen LogP contribution in [0.5, 0.6) is 0 Å². The minimum absolute atomic E-state index is 0.0568. The first-order chi connectivity index (χ1) is 15.8. The standard InChI is InChI=1S/C30H48O4/c1-18(2)19-9-14-30(25(33)34)16-15-28(5)20(24(19)30)7-8-22-26(3)12-11-23(32)27(4,17-31)21(26)10-13-29(22,28)6/h19-24,31-32H,1,7-17H2,2-6H3,(H,33,34)/t19-,20-,21+,22+,23-,24+,26-,27-,28+,29+,30-/m0/s1. The van der Waals surface area contributed by atoms with Crippen LogP contribution >= 0.6 is 0 Å². The summed E-state index contributed by atoms with van der Waals surface area (Å²) in [6.07, 6.45) is 9.43. The highest BCUT2D eigenvalue weighted by molar-refractivity contribution is 5.76. The van der Waals surface area contributed by atoms with E-state index < -0.39 is 22.9 Å². The van der Waals surface area contributed by atoms with Crippen molar-refractivity contribution < 1.29 is 20.1 Å². The monoisotopic (exact) mass is 472 g/mol. The highest BCUT2D eigenvalue weighted by Gasteiger charge is 2.72. The van der Waals surface area contributed by atoms with E-state index in [9.17, 15) is 20.1 Å². The summed E-state index contributed by atoms with van der Waals surface area (Å²) in [5.41, 5.74) is 0.586. The van der Waals surface area contributed by atoms with Gasteiger partial charge in [0.05, 0.1) is 18.1 Å². The topological polar surface area (TPSA) is 77.8 Å². The van der Waals surface area contributed by atoms with Crippen molar-refractivity contribution in [3.63, 3.8) is 0 Å². The average molecular weight is 473 g/mol. The molecule has 0 unspecified atom stereocenters. The molecule has 34 heavy (non-hydrogen) atoms. The first-order valence-electron chi connectivity index (χ1n) is 14.0. The zero-order valence-corrected chi connectivity index (χ0v) is 22.2. The Balaban J connectivity index is 1.56. The van der Waals surface area contributed by atoms with E-state index in [4.69, 9.17) is 0 Å². The summed E-state index contributed by atoms with van der Waals surface area (Å²) < 4.78 is 0. The second kappa shape index (κ2) is 7.57. The van der Waals surface area contributed by atoms with Crippen molar-refractivity contribution in [3.05, 3.63) is 12.2 Å². The van der Waals surface area contributed by atoms with Crippen LogP contribution in [0.3, 0.4) is 0 Å². The fourth-order valence-electron chi connectivity index (χ4n) is 11.5. The van der Waals surface area contributed by atoms with Crippen molar-refractivity contribution in [2.45, 2.75) is 105 Å². The molecule has 0 aromatic rings. The van der Waals surface area contributed by atoms with Crippen molar-refractivity contribution in [3.8, 4) is 0 Å². The molecule has 5 fully saturated rings. The van der Waals surface area contributed by atoms with E-state index in [1.54, 1.807) is 0 Å². The van der Waals surface area contributed by atoms with Crippen LogP contribution in [0.2, 0.25) is 0 Å². The summed E-state index contributed by atoms with van der Waals surface area (Å²) in [6, 6.07) is 0. The lowest BCUT2D eigenvalue weighted by molar-refractivity contribution is -0.254. The van der Waals surface area contributed by atoms with Gasteiger partial charge in [0, 0.05) is 5.41 Å². The molecule has 3 N–H and O–H groups in total. The number of hydrogen-bond donors (Lipinski definition) is 3. The van der Waals surface area contributed by atoms with Crippen LogP contribution < -0.4 is 0 Å². The minimum atomic E-state index is -0.567. The molecule has 0 heterocycles. The molecule has 0 aliphatic heterocycles. The largest absolute Gasteiger partial charge is 0.481 e. The summed E-state index contributed by atoms with van der Waals surface area (Å²) >= 11 is 0. The number of rotatable bonds is 3. The number of fused-ring (bicyclic) bond motifs is 7. The Morgan fingerprint density at radius 1 is 0.882 bits per heavy atom. The Morgan fingerprint density at radius 3 is 2.21 bits per heavy atom. The van der Waals surface area contributed by atoms with E-state index in [0.717, 1.165) is 64.2 Å². The molecule has 0 aromatic heterocycles. The lowest BCUT2D eigenvalue weighted by Gasteiger charge is -2.72. The molecule has 0 aromatic carbocycles. The number of hydrogen-bond acceptors (Lipinski definition) is 3. The van der Waals surface area contributed by atoms with Gasteiger partial charge in [0.2, 0.25) is 0 Å². The molecular weight excluding hydrogens is 424 g/mol. The fraction of sp³-hybridized carbons (Fsp3) is 0.900. The molecule has 0 radical (unpaired) electrons. The van der Waals surface area contributed by atoms with Crippen LogP contribution in [0.1, 0.15) is 98.8 Å². The van der Waals surface area contributed by atoms with E-state index in [1.165, 1.54) is 5.57 Å². The third kappa shape index (κ3) is 2.76. The normalized spacial score (nSPS) is 56.6. The Hall–Kier alpha value is -0.870. The van der Waals surface area contributed by atoms with Gasteiger partial charge in [0.1, 0.15) is 0 Å². The Morgan fingerprint density at radius 2 is 1.59 bits per heavy atom. The third-order valence-electron chi connectivity index (χ3n) is 13.6. The van der Waals surface area contributed by atoms with E-state index >= 15 is 0 Å². The van der Waals surface area contributed by atoms with Crippen LogP contribution in [-0.2, 0) is 4.79 Å². The third-order valence-corrected chi connectivity index (χ3v) is 13.6. The summed E-state index contributed by atoms with van der Waals surface area (Å²) in [5.74, 6) is 1.30. The number of carbonyl (C=O) groups is 1. The van der Waals surface area contributed by atoms with Crippen LogP contribution in [0.15, 0.2) is 12.2 Å². The molecule has 0 spiro atoms. The zero-order chi connectivity index (χ0) is 24.9. The molecule has 5 rings (SSSR count). The van der Waals surface area contributed by atoms with Gasteiger partial charge in [-0.2, -0.15) is 0 Å². The van der Waals surface area contributed by atoms with Gasteiger partial charge in [0.25, 0.3) is 0 Å². The molecule has 5 aliphatic rings. The summed E-state index contributed by atoms with van der Waals surface area (Å²) in [6.45, 7) is 16.2. The second-order valence-corrected chi connectivity index (χ2v) is 14.4. The smallest absolute Gasteiger partial charge is 0.309 e. The Kier molecular flexibility index (Phi) is 5.52. The molecule has 192 valence electrons. The maximum atomic E-state index is 12.8. The lowest BCUT2D eigenvalue weighted by atomic mass is 9.32. The summed E-state index contributed by atoms with van der Waals surface area (Å²) in [7, 11) is 0. The predicted molar refractivity (Wildman–Crippen MR) is 134 cm³/mol. The number of carboxylic acid groups (broad SMARTS) is 1. The fourth-order valence-corrected chi connectivity index (χ4v) is 11.5. The van der Waals surface area contributed by atoms with E-state index in [2.05, 4.69) is 41.2 Å². The maximum absolute atomic E-state index is 12.8. The number of aliphatic carboxylic acids is 1. The van der Waals surface area contributed by atoms with Gasteiger partial charge in [-0.15, -0.1) is 0 Å². The maximum Gasteiger partial charge on any atom is 0.309 e. The molecular formula is C30H48O4. The molecule has 0 bridgehead atoms. The van der Waals surface area contributed by atoms with Crippen LogP contribution in [-0.4, -0.2) is 34.0 Å². The van der Waals surface area contributed by atoms with Gasteiger partial charge in [0.15, 0.2) is 0 Å². The van der Waals surface area contributed by atoms with Gasteiger partial charge < -0.3 is 15.3 Å². The molecule has 4 nitrogen and oxygen atoms in total. The van der Waals surface area contributed by atoms with Gasteiger partial charge in [-0.3, -0.25) is 4.79 Å². The predicted octanol–water partition coefficient (Wildman–Crippen LogP) is 6.06. The summed E-state index contributed by atoms with van der Waals surface area (Å²) in [5, 5.41) is 31.8. The van der Waals surface area contributed by atoms with Gasteiger partial charge in [-0.25, -0.2) is 0 Å². The molecule has 5 aliphatic carbocycles. The highest BCUT2D eigenvalue weighted by Crippen LogP contribution is 2.77. The lowest BCUT2D eigenvalue weighted by Crippen LogP contribution is -2.67. The number of aliphatic hydroxyl groups excluding tert-OH is 2. The number of carboxylic acids is 1. The summed E-state index contributed by atoms with van der Waals surface area (Å²) in [4.78, 5) is 12.8. The van der Waals surface area contributed by atoms with Crippen molar-refractivity contribution in [2.75, 3.05) is 6.61 Å². The molecule has 11 atom stereocenters. The van der Waals surface area contributed by atoms with Crippen molar-refractivity contribution in [2.24, 2.45) is 56.7 Å². The van der Waals surface area contributed by atoms with E-state index in [1.807, 2.05) is 0 Å². The van der Waals surface area contributed by atoms with Gasteiger partial charge in [-0.05, 0) is 117 Å². The van der Waals surface area contributed by atoms with Crippen LogP contribution in [0.25, 0.3) is 0 Å². The Bertz CT molecular complexity index is 883. The quantitative estimate of drug-likeness (QED) is 0.436. The minimum Gasteiger partial charge on any atom is -0.481 e. The zero-order valence-electron chi connectivity index (χ0n) is 22.2. The average Bonchev–Trinajstić information content (AvgIpc) is 3.18. The van der Waals surface area contributed by atoms with E-state index in [0.29, 0.717) is 23.7 Å². The first kappa shape index (κ1) is 24.8. The van der Waals surface area contributed by atoms with Crippen LogP contribution in [0.4, 0.5) is 0 Å². The number of allylic oxidation sites excluding steroid dienone is 1. The van der Waals surface area contributed by atoms with Gasteiger partial charge in [-0.1, -0.05) is 39.8 Å². The second-order valence-electron chi connectivity index (χ2n) is 14.4. The van der Waals surface area contributed by atoms with E-state index in [-0.39, 0.29) is 28.8 Å². The first-order valence-corrected chi connectivity index (χ1v) is 14.0. The molecule has 0 saturated heterocycles. The van der Waals surface area contributed by atoms with Crippen molar-refractivity contribution in [1.82, 2.24) is 0 Å². The molecule has 4 heteroatoms. The Labute approximate surface area is 206 Å². The molecule has 0 amide bonds. The van der Waals surface area contributed by atoms with Gasteiger partial charge >= 0.3 is 5.97 Å². The highest BCUT2D eigenvalue weighted by atomic mass is 16.4. The van der Waals surface area contributed by atoms with Crippen molar-refractivity contribution >= 4 is 5.97 Å². The van der Waals surface area contributed by atoms with Crippen LogP contribution in [0, 0.1) is 56.7 Å². The SMILES string of the molecule is C=C(C)[C@@H]1CC[C@]2(C(=O)O)CC[C@]3(C)[C@@H](CC[C@@H]4[C@@]5(C)CC[C@H](O)[C@@](C)(CO)[C@@H]5CC[C@]43C)[C@@H]12. The van der Waals surface area contributed by atoms with Crippen molar-refractivity contribution in [1.29, 1.82) is 0 Å².